The summed E-state index contributed by atoms with van der Waals surface area (Å²) in [5.74, 6) is -8.84. The van der Waals surface area contributed by atoms with Gasteiger partial charge in [-0.3, -0.25) is 0 Å². The van der Waals surface area contributed by atoms with Crippen LogP contribution in [0.25, 0.3) is 0 Å². The maximum absolute atomic E-state index is 14.4. The number of carboxylic acid groups (broad SMARTS) is 1. The van der Waals surface area contributed by atoms with Crippen molar-refractivity contribution < 1.29 is 31.9 Å². The molecule has 8 heteroatoms. The van der Waals surface area contributed by atoms with Crippen molar-refractivity contribution in [1.29, 1.82) is 0 Å². The van der Waals surface area contributed by atoms with Gasteiger partial charge in [-0.1, -0.05) is 31.4 Å². The van der Waals surface area contributed by atoms with E-state index < -0.39 is 46.9 Å². The van der Waals surface area contributed by atoms with E-state index in [9.17, 15) is 26.7 Å². The lowest BCUT2D eigenvalue weighted by Gasteiger charge is -2.40. The van der Waals surface area contributed by atoms with Crippen molar-refractivity contribution in [2.75, 3.05) is 0 Å². The summed E-state index contributed by atoms with van der Waals surface area (Å²) in [5, 5.41) is 8.67. The normalized spacial score (nSPS) is 36.0. The van der Waals surface area contributed by atoms with Crippen molar-refractivity contribution in [3.05, 3.63) is 11.7 Å². The third kappa shape index (κ3) is 2.52. The summed E-state index contributed by atoms with van der Waals surface area (Å²) in [5.41, 5.74) is -10.2. The largest absolute Gasteiger partial charge is 0.479 e. The first-order valence-electron chi connectivity index (χ1n) is 6.07. The minimum Gasteiger partial charge on any atom is -0.479 e. The van der Waals surface area contributed by atoms with Gasteiger partial charge < -0.3 is 5.11 Å². The molecule has 0 saturated heterocycles. The van der Waals surface area contributed by atoms with Gasteiger partial charge >= 0.3 is 5.97 Å². The lowest BCUT2D eigenvalue weighted by atomic mass is 9.72. The highest BCUT2D eigenvalue weighted by Crippen LogP contribution is 2.53. The predicted octanol–water partition coefficient (Wildman–Crippen LogP) is 4.38. The van der Waals surface area contributed by atoms with Gasteiger partial charge in [0.05, 0.1) is 0 Å². The monoisotopic (exact) mass is 320 g/mol. The second kappa shape index (κ2) is 5.87. The first-order valence-corrected chi connectivity index (χ1v) is 6.51. The van der Waals surface area contributed by atoms with Gasteiger partial charge in [0.1, 0.15) is 0 Å². The van der Waals surface area contributed by atoms with E-state index in [0.29, 0.717) is 6.42 Å². The van der Waals surface area contributed by atoms with Gasteiger partial charge in [-0.2, -0.15) is 0 Å². The summed E-state index contributed by atoms with van der Waals surface area (Å²) in [6.45, 7) is 1.70. The Bertz CT molecular complexity index is 428. The van der Waals surface area contributed by atoms with Gasteiger partial charge in [-0.25, -0.2) is 26.7 Å². The molecule has 2 nitrogen and oxygen atoms in total. The summed E-state index contributed by atoms with van der Waals surface area (Å²) < 4.78 is 68.8. The lowest BCUT2D eigenvalue weighted by Crippen LogP contribution is -2.52. The zero-order valence-corrected chi connectivity index (χ0v) is 11.4. The van der Waals surface area contributed by atoms with Crippen LogP contribution in [0.15, 0.2) is 11.7 Å². The Morgan fingerprint density at radius 3 is 2.40 bits per heavy atom. The van der Waals surface area contributed by atoms with Gasteiger partial charge in [0.25, 0.3) is 5.67 Å². The van der Waals surface area contributed by atoms with Crippen LogP contribution in [-0.2, 0) is 4.79 Å². The van der Waals surface area contributed by atoms with E-state index in [2.05, 4.69) is 0 Å². The predicted molar refractivity (Wildman–Crippen MR) is 62.9 cm³/mol. The lowest BCUT2D eigenvalue weighted by molar-refractivity contribution is -0.154. The van der Waals surface area contributed by atoms with E-state index in [1.165, 1.54) is 0 Å². The Hall–Kier alpha value is -0.850. The number of alkyl halides is 4. The average Bonchev–Trinajstić information content (AvgIpc) is 2.38. The summed E-state index contributed by atoms with van der Waals surface area (Å²) in [4.78, 5) is 10.8. The van der Waals surface area contributed by atoms with Crippen LogP contribution < -0.4 is 0 Å². The number of unbranched alkanes of at least 4 members (excludes halogenated alkanes) is 1. The number of hydrogen-bond donors (Lipinski definition) is 1. The zero-order chi connectivity index (χ0) is 15.7. The molecular weight excluding hydrogens is 307 g/mol. The van der Waals surface area contributed by atoms with Crippen LogP contribution in [-0.4, -0.2) is 28.0 Å². The molecule has 4 atom stereocenters. The van der Waals surface area contributed by atoms with Gasteiger partial charge in [0.15, 0.2) is 11.7 Å². The highest BCUT2D eigenvalue weighted by Gasteiger charge is 2.63. The first kappa shape index (κ1) is 17.2. The molecule has 0 bridgehead atoms. The molecule has 1 N–H and O–H groups in total. The van der Waals surface area contributed by atoms with E-state index in [1.54, 1.807) is 6.92 Å². The minimum absolute atomic E-state index is 0.209. The van der Waals surface area contributed by atoms with Crippen LogP contribution in [0.5, 0.6) is 0 Å². The Morgan fingerprint density at radius 1 is 1.45 bits per heavy atom. The summed E-state index contributed by atoms with van der Waals surface area (Å²) in [6.07, 6.45) is -0.637. The molecule has 0 fully saturated rings. The van der Waals surface area contributed by atoms with E-state index >= 15 is 0 Å². The van der Waals surface area contributed by atoms with Gasteiger partial charge in [0.2, 0.25) is 11.3 Å². The maximum atomic E-state index is 14.4. The average molecular weight is 321 g/mol. The fourth-order valence-electron chi connectivity index (χ4n) is 2.32. The molecule has 1 aliphatic rings. The van der Waals surface area contributed by atoms with Crippen molar-refractivity contribution >= 4 is 17.6 Å². The SMILES string of the molecule is CCCC[C@H]1C[C@](F)(C(=O)O)C(F)=C(F)[C@]1(F)C(F)Cl. The Morgan fingerprint density at radius 2 is 2.00 bits per heavy atom. The van der Waals surface area contributed by atoms with Crippen molar-refractivity contribution in [2.24, 2.45) is 5.92 Å². The third-order valence-electron chi connectivity index (χ3n) is 3.56. The molecule has 1 rings (SSSR count). The van der Waals surface area contributed by atoms with Crippen LogP contribution in [0.4, 0.5) is 22.0 Å². The molecule has 0 aromatic rings. The molecule has 1 unspecified atom stereocenters. The fourth-order valence-corrected chi connectivity index (χ4v) is 2.59. The van der Waals surface area contributed by atoms with E-state index in [4.69, 9.17) is 16.7 Å². The molecule has 0 radical (unpaired) electrons. The molecule has 0 aromatic carbocycles. The van der Waals surface area contributed by atoms with Crippen molar-refractivity contribution in [2.45, 2.75) is 49.6 Å². The van der Waals surface area contributed by atoms with Crippen LogP contribution in [0.3, 0.4) is 0 Å². The highest BCUT2D eigenvalue weighted by molar-refractivity contribution is 6.20. The van der Waals surface area contributed by atoms with Crippen LogP contribution in [0.2, 0.25) is 0 Å². The Kier molecular flexibility index (Phi) is 5.05. The highest BCUT2D eigenvalue weighted by atomic mass is 35.5. The third-order valence-corrected chi connectivity index (χ3v) is 3.88. The number of carboxylic acids is 1. The molecule has 1 aliphatic carbocycles. The number of allylic oxidation sites excluding steroid dienone is 1. The summed E-state index contributed by atoms with van der Waals surface area (Å²) in [7, 11) is 0. The number of aliphatic carboxylic acids is 1. The van der Waals surface area contributed by atoms with Gasteiger partial charge in [0, 0.05) is 12.3 Å². The molecular formula is C12H14ClF5O2. The van der Waals surface area contributed by atoms with E-state index in [-0.39, 0.29) is 12.8 Å². The summed E-state index contributed by atoms with van der Waals surface area (Å²) in [6, 6.07) is 0. The molecule has 0 heterocycles. The number of halogens is 6. The molecule has 0 aromatic heterocycles. The van der Waals surface area contributed by atoms with Crippen LogP contribution >= 0.6 is 11.6 Å². The number of hydrogen-bond acceptors (Lipinski definition) is 1. The Balaban J connectivity index is 3.35. The Labute approximate surface area is 117 Å². The second-order valence-corrected chi connectivity index (χ2v) is 5.23. The molecule has 116 valence electrons. The molecule has 0 aliphatic heterocycles. The smallest absolute Gasteiger partial charge is 0.348 e. The number of carbonyl (C=O) groups is 1. The van der Waals surface area contributed by atoms with E-state index in [0.717, 1.165) is 0 Å². The second-order valence-electron chi connectivity index (χ2n) is 4.85. The topological polar surface area (TPSA) is 37.3 Å². The maximum Gasteiger partial charge on any atom is 0.348 e. The standard InChI is InChI=1S/C12H14ClF5O2/c1-2-3-4-6-5-11(17,10(19)20)7(14)8(15)12(6,18)9(13)16/h6,9H,2-5H2,1H3,(H,19,20)/t6-,9?,11+,12-/m0/s1. The molecule has 0 spiro atoms. The van der Waals surface area contributed by atoms with Gasteiger partial charge in [-0.05, 0) is 6.42 Å². The molecule has 20 heavy (non-hydrogen) atoms. The van der Waals surface area contributed by atoms with Crippen LogP contribution in [0, 0.1) is 5.92 Å². The number of rotatable bonds is 5. The quantitative estimate of drug-likeness (QED) is 0.603. The molecule has 0 saturated carbocycles. The zero-order valence-electron chi connectivity index (χ0n) is 10.6. The van der Waals surface area contributed by atoms with E-state index in [1.807, 2.05) is 0 Å². The summed E-state index contributed by atoms with van der Waals surface area (Å²) >= 11 is 4.95. The van der Waals surface area contributed by atoms with Crippen LogP contribution in [0.1, 0.15) is 32.6 Å². The van der Waals surface area contributed by atoms with Crippen molar-refractivity contribution in [1.82, 2.24) is 0 Å². The van der Waals surface area contributed by atoms with Gasteiger partial charge in [-0.15, -0.1) is 0 Å². The minimum atomic E-state index is -3.69. The first-order chi connectivity index (χ1) is 9.12. The van der Waals surface area contributed by atoms with Crippen molar-refractivity contribution in [3.63, 3.8) is 0 Å². The van der Waals surface area contributed by atoms with Crippen molar-refractivity contribution in [3.8, 4) is 0 Å². The molecule has 0 amide bonds. The fraction of sp³-hybridized carbons (Fsp3) is 0.750.